The Morgan fingerprint density at radius 3 is 2.70 bits per heavy atom. The van der Waals surface area contributed by atoms with Gasteiger partial charge in [0, 0.05) is 22.8 Å². The molecule has 2 N–H and O–H groups in total. The molecular formula is C15H13BrClN3O3. The zero-order chi connectivity index (χ0) is 16.8. The average Bonchev–Trinajstić information content (AvgIpc) is 2.51. The maximum atomic E-state index is 11.8. The standard InChI is InChI=1S/C15H13BrClN3O3/c16-12-4-2-1-3-10(12)7-8-18-15(21)19-11-5-6-13(17)14(9-11)20(22)23/h1-6,9H,7-8H2,(H2,18,19,21). The highest BCUT2D eigenvalue weighted by molar-refractivity contribution is 9.10. The number of benzene rings is 2. The molecule has 23 heavy (non-hydrogen) atoms. The lowest BCUT2D eigenvalue weighted by atomic mass is 10.1. The van der Waals surface area contributed by atoms with Crippen LogP contribution < -0.4 is 10.6 Å². The Labute approximate surface area is 146 Å². The fraction of sp³-hybridized carbons (Fsp3) is 0.133. The van der Waals surface area contributed by atoms with Crippen LogP contribution in [0.25, 0.3) is 0 Å². The number of nitrogens with one attached hydrogen (secondary N) is 2. The van der Waals surface area contributed by atoms with Crippen LogP contribution in [0.3, 0.4) is 0 Å². The van der Waals surface area contributed by atoms with E-state index in [0.717, 1.165) is 10.0 Å². The van der Waals surface area contributed by atoms with Gasteiger partial charge in [-0.25, -0.2) is 4.79 Å². The largest absolute Gasteiger partial charge is 0.338 e. The topological polar surface area (TPSA) is 84.3 Å². The van der Waals surface area contributed by atoms with E-state index in [1.807, 2.05) is 24.3 Å². The van der Waals surface area contributed by atoms with Crippen LogP contribution in [0.1, 0.15) is 5.56 Å². The number of nitro groups is 1. The van der Waals surface area contributed by atoms with Crippen LogP contribution in [0.5, 0.6) is 0 Å². The number of hydrogen-bond donors (Lipinski definition) is 2. The van der Waals surface area contributed by atoms with Crippen LogP contribution in [-0.4, -0.2) is 17.5 Å². The normalized spacial score (nSPS) is 10.2. The number of halogens is 2. The molecule has 0 heterocycles. The van der Waals surface area contributed by atoms with Crippen molar-refractivity contribution in [2.45, 2.75) is 6.42 Å². The van der Waals surface area contributed by atoms with E-state index in [-0.39, 0.29) is 10.7 Å². The molecular weight excluding hydrogens is 386 g/mol. The number of carbonyl (C=O) groups is 1. The van der Waals surface area contributed by atoms with E-state index in [1.165, 1.54) is 18.2 Å². The molecule has 120 valence electrons. The third-order valence-electron chi connectivity index (χ3n) is 3.04. The van der Waals surface area contributed by atoms with Crippen molar-refractivity contribution in [1.82, 2.24) is 5.32 Å². The van der Waals surface area contributed by atoms with Crippen molar-refractivity contribution in [2.75, 3.05) is 11.9 Å². The summed E-state index contributed by atoms with van der Waals surface area (Å²) in [5.41, 5.74) is 1.13. The van der Waals surface area contributed by atoms with Gasteiger partial charge in [0.25, 0.3) is 5.69 Å². The quantitative estimate of drug-likeness (QED) is 0.579. The highest BCUT2D eigenvalue weighted by Gasteiger charge is 2.13. The van der Waals surface area contributed by atoms with E-state index in [9.17, 15) is 14.9 Å². The number of carbonyl (C=O) groups excluding carboxylic acids is 1. The van der Waals surface area contributed by atoms with Crippen LogP contribution >= 0.6 is 27.5 Å². The van der Waals surface area contributed by atoms with Crippen LogP contribution in [0.2, 0.25) is 5.02 Å². The monoisotopic (exact) mass is 397 g/mol. The molecule has 0 aliphatic rings. The van der Waals surface area contributed by atoms with Gasteiger partial charge in [-0.2, -0.15) is 0 Å². The Morgan fingerprint density at radius 2 is 2.00 bits per heavy atom. The maximum Gasteiger partial charge on any atom is 0.319 e. The minimum atomic E-state index is -0.599. The molecule has 6 nitrogen and oxygen atoms in total. The molecule has 0 aliphatic heterocycles. The molecule has 0 bridgehead atoms. The Bertz CT molecular complexity index is 740. The molecule has 0 spiro atoms. The van der Waals surface area contributed by atoms with E-state index in [4.69, 9.17) is 11.6 Å². The van der Waals surface area contributed by atoms with Crippen molar-refractivity contribution in [3.05, 3.63) is 67.6 Å². The Kier molecular flexibility index (Phi) is 5.95. The van der Waals surface area contributed by atoms with Crippen molar-refractivity contribution in [2.24, 2.45) is 0 Å². The van der Waals surface area contributed by atoms with Gasteiger partial charge in [-0.05, 0) is 30.2 Å². The Hall–Kier alpha value is -2.12. The predicted octanol–water partition coefficient (Wildman–Crippen LogP) is 4.37. The third-order valence-corrected chi connectivity index (χ3v) is 4.13. The predicted molar refractivity (Wildman–Crippen MR) is 93.0 cm³/mol. The second-order valence-corrected chi connectivity index (χ2v) is 5.91. The lowest BCUT2D eigenvalue weighted by Crippen LogP contribution is -2.30. The Balaban J connectivity index is 1.89. The van der Waals surface area contributed by atoms with Crippen LogP contribution in [0.4, 0.5) is 16.2 Å². The van der Waals surface area contributed by atoms with Gasteiger partial charge in [-0.3, -0.25) is 10.1 Å². The minimum Gasteiger partial charge on any atom is -0.338 e. The van der Waals surface area contributed by atoms with E-state index in [1.54, 1.807) is 0 Å². The number of urea groups is 1. The van der Waals surface area contributed by atoms with Gasteiger partial charge in [0.2, 0.25) is 0 Å². The number of nitrogens with zero attached hydrogens (tertiary/aromatic N) is 1. The summed E-state index contributed by atoms with van der Waals surface area (Å²) in [6, 6.07) is 11.4. The highest BCUT2D eigenvalue weighted by Crippen LogP contribution is 2.27. The smallest absolute Gasteiger partial charge is 0.319 e. The molecule has 2 rings (SSSR count). The summed E-state index contributed by atoms with van der Waals surface area (Å²) in [6.07, 6.45) is 0.662. The summed E-state index contributed by atoms with van der Waals surface area (Å²) >= 11 is 9.16. The molecule has 0 aliphatic carbocycles. The molecule has 0 saturated carbocycles. The number of anilines is 1. The lowest BCUT2D eigenvalue weighted by Gasteiger charge is -2.09. The number of amides is 2. The van der Waals surface area contributed by atoms with E-state index in [2.05, 4.69) is 26.6 Å². The van der Waals surface area contributed by atoms with Gasteiger partial charge in [-0.1, -0.05) is 45.7 Å². The second-order valence-electron chi connectivity index (χ2n) is 4.65. The van der Waals surface area contributed by atoms with E-state index in [0.29, 0.717) is 18.7 Å². The van der Waals surface area contributed by atoms with Crippen molar-refractivity contribution >= 4 is 44.9 Å². The second kappa shape index (κ2) is 7.94. The summed E-state index contributed by atoms with van der Waals surface area (Å²) in [6.45, 7) is 0.435. The zero-order valence-corrected chi connectivity index (χ0v) is 14.2. The fourth-order valence-corrected chi connectivity index (χ4v) is 2.59. The molecule has 2 aromatic carbocycles. The van der Waals surface area contributed by atoms with Gasteiger partial charge >= 0.3 is 6.03 Å². The van der Waals surface area contributed by atoms with E-state index >= 15 is 0 Å². The van der Waals surface area contributed by atoms with Gasteiger partial charge in [0.1, 0.15) is 5.02 Å². The summed E-state index contributed by atoms with van der Waals surface area (Å²) in [5.74, 6) is 0. The molecule has 0 aromatic heterocycles. The summed E-state index contributed by atoms with van der Waals surface area (Å²) in [4.78, 5) is 22.0. The van der Waals surface area contributed by atoms with Gasteiger partial charge < -0.3 is 10.6 Å². The van der Waals surface area contributed by atoms with Gasteiger partial charge in [0.15, 0.2) is 0 Å². The Morgan fingerprint density at radius 1 is 1.26 bits per heavy atom. The van der Waals surface area contributed by atoms with Gasteiger partial charge in [0.05, 0.1) is 4.92 Å². The summed E-state index contributed by atoms with van der Waals surface area (Å²) in [5, 5.41) is 16.1. The maximum absolute atomic E-state index is 11.8. The first-order valence-corrected chi connectivity index (χ1v) is 7.86. The minimum absolute atomic E-state index is 0.0230. The molecule has 0 fully saturated rings. The molecule has 2 aromatic rings. The summed E-state index contributed by atoms with van der Waals surface area (Å²) < 4.78 is 0.982. The van der Waals surface area contributed by atoms with E-state index < -0.39 is 11.0 Å². The van der Waals surface area contributed by atoms with Crippen molar-refractivity contribution in [1.29, 1.82) is 0 Å². The molecule has 0 unspecified atom stereocenters. The number of rotatable bonds is 5. The lowest BCUT2D eigenvalue weighted by molar-refractivity contribution is -0.384. The first-order valence-electron chi connectivity index (χ1n) is 6.69. The van der Waals surface area contributed by atoms with Crippen molar-refractivity contribution < 1.29 is 9.72 Å². The molecule has 0 saturated heterocycles. The highest BCUT2D eigenvalue weighted by atomic mass is 79.9. The first-order chi connectivity index (χ1) is 11.0. The van der Waals surface area contributed by atoms with Gasteiger partial charge in [-0.15, -0.1) is 0 Å². The molecule has 2 amide bonds. The zero-order valence-electron chi connectivity index (χ0n) is 11.9. The molecule has 0 radical (unpaired) electrons. The third kappa shape index (κ3) is 4.94. The molecule has 0 atom stereocenters. The SMILES string of the molecule is O=C(NCCc1ccccc1Br)Nc1ccc(Cl)c([N+](=O)[O-])c1. The fourth-order valence-electron chi connectivity index (χ4n) is 1.92. The van der Waals surface area contributed by atoms with Crippen molar-refractivity contribution in [3.8, 4) is 0 Å². The first kappa shape index (κ1) is 17.2. The van der Waals surface area contributed by atoms with Crippen molar-refractivity contribution in [3.63, 3.8) is 0 Å². The van der Waals surface area contributed by atoms with Crippen LogP contribution in [-0.2, 0) is 6.42 Å². The van der Waals surface area contributed by atoms with Crippen LogP contribution in [0.15, 0.2) is 46.9 Å². The number of nitro benzene ring substituents is 1. The summed E-state index contributed by atoms with van der Waals surface area (Å²) in [7, 11) is 0. The van der Waals surface area contributed by atoms with Crippen LogP contribution in [0, 0.1) is 10.1 Å². The molecule has 8 heteroatoms. The average molecular weight is 399 g/mol. The number of hydrogen-bond acceptors (Lipinski definition) is 3.